The second-order valence-electron chi connectivity index (χ2n) is 3.99. The molecule has 3 N–H and O–H groups in total. The van der Waals surface area contributed by atoms with E-state index in [9.17, 15) is 9.59 Å². The van der Waals surface area contributed by atoms with Gasteiger partial charge in [0.05, 0.1) is 0 Å². The standard InChI is InChI=1S/C11H22N2O3/c1-3-7-13(8-10(14)15)11(16)9(2)5-4-6-12/h9H,3-8,12H2,1-2H3,(H,14,15). The van der Waals surface area contributed by atoms with Gasteiger partial charge in [-0.3, -0.25) is 9.59 Å². The first-order chi connectivity index (χ1) is 7.52. The molecular formula is C11H22N2O3. The second-order valence-corrected chi connectivity index (χ2v) is 3.99. The Labute approximate surface area is 96.6 Å². The molecular weight excluding hydrogens is 208 g/mol. The molecule has 0 aromatic rings. The lowest BCUT2D eigenvalue weighted by Gasteiger charge is -2.23. The van der Waals surface area contributed by atoms with Gasteiger partial charge >= 0.3 is 5.97 Å². The van der Waals surface area contributed by atoms with Crippen molar-refractivity contribution < 1.29 is 14.7 Å². The number of nitrogens with two attached hydrogens (primary N) is 1. The lowest BCUT2D eigenvalue weighted by molar-refractivity contribution is -0.146. The molecule has 0 saturated heterocycles. The molecule has 0 aliphatic heterocycles. The van der Waals surface area contributed by atoms with Gasteiger partial charge in [-0.05, 0) is 25.8 Å². The normalized spacial score (nSPS) is 12.2. The first kappa shape index (κ1) is 14.9. The fourth-order valence-corrected chi connectivity index (χ4v) is 1.56. The van der Waals surface area contributed by atoms with Crippen molar-refractivity contribution in [2.45, 2.75) is 33.1 Å². The highest BCUT2D eigenvalue weighted by Crippen LogP contribution is 2.09. The first-order valence-electron chi connectivity index (χ1n) is 5.73. The van der Waals surface area contributed by atoms with E-state index in [2.05, 4.69) is 0 Å². The van der Waals surface area contributed by atoms with E-state index < -0.39 is 5.97 Å². The molecule has 0 aliphatic carbocycles. The largest absolute Gasteiger partial charge is 0.480 e. The summed E-state index contributed by atoms with van der Waals surface area (Å²) in [5.74, 6) is -1.19. The monoisotopic (exact) mass is 230 g/mol. The van der Waals surface area contributed by atoms with Gasteiger partial charge in [-0.2, -0.15) is 0 Å². The van der Waals surface area contributed by atoms with Gasteiger partial charge in [-0.25, -0.2) is 0 Å². The number of hydrogen-bond acceptors (Lipinski definition) is 3. The summed E-state index contributed by atoms with van der Waals surface area (Å²) in [6, 6.07) is 0. The number of rotatable bonds is 8. The summed E-state index contributed by atoms with van der Waals surface area (Å²) >= 11 is 0. The first-order valence-corrected chi connectivity index (χ1v) is 5.73. The third-order valence-corrected chi connectivity index (χ3v) is 2.39. The quantitative estimate of drug-likeness (QED) is 0.642. The van der Waals surface area contributed by atoms with Crippen molar-refractivity contribution in [2.75, 3.05) is 19.6 Å². The third kappa shape index (κ3) is 5.70. The summed E-state index contributed by atoms with van der Waals surface area (Å²) in [7, 11) is 0. The van der Waals surface area contributed by atoms with Crippen LogP contribution in [0.4, 0.5) is 0 Å². The van der Waals surface area contributed by atoms with Crippen LogP contribution in [-0.2, 0) is 9.59 Å². The fraction of sp³-hybridized carbons (Fsp3) is 0.818. The van der Waals surface area contributed by atoms with Gasteiger partial charge in [0.2, 0.25) is 5.91 Å². The van der Waals surface area contributed by atoms with E-state index in [0.29, 0.717) is 13.1 Å². The number of carbonyl (C=O) groups excluding carboxylic acids is 1. The van der Waals surface area contributed by atoms with Crippen molar-refractivity contribution in [2.24, 2.45) is 11.7 Å². The molecule has 1 unspecified atom stereocenters. The number of carboxylic acid groups (broad SMARTS) is 1. The van der Waals surface area contributed by atoms with Gasteiger partial charge in [0, 0.05) is 12.5 Å². The molecule has 0 saturated carbocycles. The Morgan fingerprint density at radius 2 is 2.06 bits per heavy atom. The maximum atomic E-state index is 11.9. The van der Waals surface area contributed by atoms with Crippen molar-refractivity contribution in [3.63, 3.8) is 0 Å². The predicted octanol–water partition coefficient (Wildman–Crippen LogP) is 0.685. The SMILES string of the molecule is CCCN(CC(=O)O)C(=O)C(C)CCCN. The van der Waals surface area contributed by atoms with Crippen molar-refractivity contribution in [3.05, 3.63) is 0 Å². The average molecular weight is 230 g/mol. The Kier molecular flexibility index (Phi) is 7.54. The van der Waals surface area contributed by atoms with Gasteiger partial charge in [0.15, 0.2) is 0 Å². The van der Waals surface area contributed by atoms with Crippen LogP contribution in [0.2, 0.25) is 0 Å². The number of amides is 1. The Morgan fingerprint density at radius 3 is 2.50 bits per heavy atom. The highest BCUT2D eigenvalue weighted by molar-refractivity contribution is 5.82. The Bertz CT molecular complexity index is 231. The van der Waals surface area contributed by atoms with Crippen molar-refractivity contribution >= 4 is 11.9 Å². The highest BCUT2D eigenvalue weighted by Gasteiger charge is 2.21. The summed E-state index contributed by atoms with van der Waals surface area (Å²) in [6.45, 7) is 4.59. The summed E-state index contributed by atoms with van der Waals surface area (Å²) in [5, 5.41) is 8.70. The Morgan fingerprint density at radius 1 is 1.44 bits per heavy atom. The minimum atomic E-state index is -0.965. The van der Waals surface area contributed by atoms with Crippen LogP contribution in [0.15, 0.2) is 0 Å². The van der Waals surface area contributed by atoms with E-state index in [1.807, 2.05) is 13.8 Å². The minimum Gasteiger partial charge on any atom is -0.480 e. The summed E-state index contributed by atoms with van der Waals surface area (Å²) in [6.07, 6.45) is 2.28. The van der Waals surface area contributed by atoms with E-state index in [1.165, 1.54) is 4.90 Å². The molecule has 0 heterocycles. The van der Waals surface area contributed by atoms with Crippen LogP contribution in [0.1, 0.15) is 33.1 Å². The van der Waals surface area contributed by atoms with Crippen LogP contribution in [0.25, 0.3) is 0 Å². The van der Waals surface area contributed by atoms with E-state index in [1.54, 1.807) is 0 Å². The number of carboxylic acids is 1. The number of nitrogens with zero attached hydrogens (tertiary/aromatic N) is 1. The summed E-state index contributed by atoms with van der Waals surface area (Å²) in [4.78, 5) is 23.9. The third-order valence-electron chi connectivity index (χ3n) is 2.39. The zero-order valence-electron chi connectivity index (χ0n) is 10.1. The van der Waals surface area contributed by atoms with Crippen LogP contribution in [-0.4, -0.2) is 41.5 Å². The van der Waals surface area contributed by atoms with E-state index in [4.69, 9.17) is 10.8 Å². The summed E-state index contributed by atoms with van der Waals surface area (Å²) in [5.41, 5.74) is 5.37. The number of hydrogen-bond donors (Lipinski definition) is 2. The minimum absolute atomic E-state index is 0.0855. The van der Waals surface area contributed by atoms with Crippen LogP contribution in [0.5, 0.6) is 0 Å². The molecule has 0 radical (unpaired) electrons. The molecule has 94 valence electrons. The van der Waals surface area contributed by atoms with E-state index in [-0.39, 0.29) is 18.4 Å². The molecule has 1 amide bonds. The van der Waals surface area contributed by atoms with Crippen molar-refractivity contribution in [3.8, 4) is 0 Å². The lowest BCUT2D eigenvalue weighted by atomic mass is 10.0. The molecule has 0 rings (SSSR count). The number of aliphatic carboxylic acids is 1. The second kappa shape index (κ2) is 8.10. The fourth-order valence-electron chi connectivity index (χ4n) is 1.56. The molecule has 0 fully saturated rings. The average Bonchev–Trinajstić information content (AvgIpc) is 2.23. The molecule has 0 aromatic heterocycles. The van der Waals surface area contributed by atoms with Gasteiger partial charge in [0.1, 0.15) is 6.54 Å². The van der Waals surface area contributed by atoms with Crippen LogP contribution in [0.3, 0.4) is 0 Å². The molecule has 5 heteroatoms. The van der Waals surface area contributed by atoms with Crippen LogP contribution >= 0.6 is 0 Å². The van der Waals surface area contributed by atoms with Gasteiger partial charge < -0.3 is 15.7 Å². The summed E-state index contributed by atoms with van der Waals surface area (Å²) < 4.78 is 0. The lowest BCUT2D eigenvalue weighted by Crippen LogP contribution is -2.39. The van der Waals surface area contributed by atoms with Crippen molar-refractivity contribution in [1.29, 1.82) is 0 Å². The topological polar surface area (TPSA) is 83.6 Å². The molecule has 16 heavy (non-hydrogen) atoms. The Hall–Kier alpha value is -1.10. The van der Waals surface area contributed by atoms with Crippen LogP contribution < -0.4 is 5.73 Å². The molecule has 0 aromatic carbocycles. The van der Waals surface area contributed by atoms with Crippen LogP contribution in [0, 0.1) is 5.92 Å². The maximum Gasteiger partial charge on any atom is 0.323 e. The van der Waals surface area contributed by atoms with Crippen molar-refractivity contribution in [1.82, 2.24) is 4.90 Å². The predicted molar refractivity (Wildman–Crippen MR) is 62.0 cm³/mol. The van der Waals surface area contributed by atoms with Gasteiger partial charge in [-0.1, -0.05) is 13.8 Å². The van der Waals surface area contributed by atoms with Gasteiger partial charge in [-0.15, -0.1) is 0 Å². The zero-order valence-corrected chi connectivity index (χ0v) is 10.1. The maximum absolute atomic E-state index is 11.9. The molecule has 1 atom stereocenters. The highest BCUT2D eigenvalue weighted by atomic mass is 16.4. The van der Waals surface area contributed by atoms with Gasteiger partial charge in [0.25, 0.3) is 0 Å². The molecule has 5 nitrogen and oxygen atoms in total. The number of carbonyl (C=O) groups is 2. The zero-order chi connectivity index (χ0) is 12.6. The smallest absolute Gasteiger partial charge is 0.323 e. The van der Waals surface area contributed by atoms with E-state index >= 15 is 0 Å². The molecule has 0 bridgehead atoms. The molecule has 0 spiro atoms. The Balaban J connectivity index is 4.29. The van der Waals surface area contributed by atoms with E-state index in [0.717, 1.165) is 19.3 Å². The molecule has 0 aliphatic rings.